The highest BCUT2D eigenvalue weighted by molar-refractivity contribution is 7.10. The number of carbonyl (C=O) groups excluding carboxylic acids is 1. The van der Waals surface area contributed by atoms with E-state index in [4.69, 9.17) is 10.2 Å². The Morgan fingerprint density at radius 3 is 2.93 bits per heavy atom. The molecule has 2 aromatic heterocycles. The first-order valence-corrected chi connectivity index (χ1v) is 10.3. The van der Waals surface area contributed by atoms with Gasteiger partial charge in [0, 0.05) is 40.3 Å². The highest BCUT2D eigenvalue weighted by atomic mass is 32.1. The zero-order chi connectivity index (χ0) is 20.2. The molecule has 0 radical (unpaired) electrons. The van der Waals surface area contributed by atoms with E-state index in [1.807, 2.05) is 54.9 Å². The van der Waals surface area contributed by atoms with Gasteiger partial charge >= 0.3 is 0 Å². The van der Waals surface area contributed by atoms with E-state index in [0.29, 0.717) is 13.0 Å². The molecular weight excluding hydrogens is 380 g/mol. The summed E-state index contributed by atoms with van der Waals surface area (Å²) >= 11 is 1.49. The van der Waals surface area contributed by atoms with Crippen LogP contribution in [0.4, 0.5) is 5.69 Å². The first-order valence-electron chi connectivity index (χ1n) is 9.40. The number of hydrogen-bond acceptors (Lipinski definition) is 4. The van der Waals surface area contributed by atoms with E-state index in [-0.39, 0.29) is 12.3 Å². The third kappa shape index (κ3) is 4.20. The number of nitriles is 1. The molecule has 5 nitrogen and oxygen atoms in total. The van der Waals surface area contributed by atoms with Crippen molar-refractivity contribution < 1.29 is 4.79 Å². The van der Waals surface area contributed by atoms with E-state index in [1.54, 1.807) is 0 Å². The Morgan fingerprint density at radius 1 is 1.24 bits per heavy atom. The van der Waals surface area contributed by atoms with E-state index in [1.165, 1.54) is 11.3 Å². The summed E-state index contributed by atoms with van der Waals surface area (Å²) in [5.74, 6) is -0.0760. The van der Waals surface area contributed by atoms with Gasteiger partial charge in [-0.1, -0.05) is 30.3 Å². The van der Waals surface area contributed by atoms with Gasteiger partial charge < -0.3 is 9.88 Å². The first kappa shape index (κ1) is 18.9. The molecule has 0 spiro atoms. The highest BCUT2D eigenvalue weighted by Crippen LogP contribution is 2.31. The largest absolute Gasteiger partial charge is 0.346 e. The number of aromatic nitrogens is 2. The molecule has 0 unspecified atom stereocenters. The minimum Gasteiger partial charge on any atom is -0.346 e. The van der Waals surface area contributed by atoms with E-state index in [2.05, 4.69) is 28.1 Å². The fourth-order valence-corrected chi connectivity index (χ4v) is 4.18. The number of nitrogens with zero attached hydrogens (tertiary/aromatic N) is 3. The molecule has 4 rings (SSSR count). The van der Waals surface area contributed by atoms with E-state index in [9.17, 15) is 4.79 Å². The number of benzene rings is 2. The number of rotatable bonds is 6. The fourth-order valence-electron chi connectivity index (χ4n) is 3.39. The molecule has 0 fully saturated rings. The highest BCUT2D eigenvalue weighted by Gasteiger charge is 2.14. The topological polar surface area (TPSA) is 70.7 Å². The number of fused-ring (bicyclic) bond motifs is 1. The summed E-state index contributed by atoms with van der Waals surface area (Å²) in [6.45, 7) is 2.64. The standard InChI is InChI=1S/C23H20N4OS/c1-16-6-4-7-17(12-16)25-22(28)13-23-26-20(15-29-23)19-14-27(11-5-10-24)21-9-3-2-8-18(19)21/h2-4,6-9,12,14-15H,5,11,13H2,1H3,(H,25,28). The fraction of sp³-hybridized carbons (Fsp3) is 0.174. The van der Waals surface area contributed by atoms with Gasteiger partial charge in [-0.25, -0.2) is 4.98 Å². The molecule has 0 aliphatic rings. The summed E-state index contributed by atoms with van der Waals surface area (Å²) < 4.78 is 2.09. The zero-order valence-corrected chi connectivity index (χ0v) is 16.9. The molecule has 0 saturated heterocycles. The zero-order valence-electron chi connectivity index (χ0n) is 16.1. The van der Waals surface area contributed by atoms with Crippen LogP contribution in [-0.2, 0) is 17.8 Å². The van der Waals surface area contributed by atoms with Crippen molar-refractivity contribution in [3.05, 3.63) is 70.7 Å². The molecule has 0 saturated carbocycles. The summed E-state index contributed by atoms with van der Waals surface area (Å²) in [4.78, 5) is 17.1. The summed E-state index contributed by atoms with van der Waals surface area (Å²) in [7, 11) is 0. The van der Waals surface area contributed by atoms with E-state index >= 15 is 0 Å². The number of anilines is 1. The minimum absolute atomic E-state index is 0.0760. The lowest BCUT2D eigenvalue weighted by atomic mass is 10.1. The quantitative estimate of drug-likeness (QED) is 0.485. The lowest BCUT2D eigenvalue weighted by Crippen LogP contribution is -2.14. The van der Waals surface area contributed by atoms with Crippen LogP contribution < -0.4 is 5.32 Å². The average Bonchev–Trinajstić information content (AvgIpc) is 3.31. The van der Waals surface area contributed by atoms with Gasteiger partial charge in [-0.15, -0.1) is 11.3 Å². The normalized spacial score (nSPS) is 10.8. The molecule has 4 aromatic rings. The predicted octanol–water partition coefficient (Wildman–Crippen LogP) is 5.17. The lowest BCUT2D eigenvalue weighted by Gasteiger charge is -2.04. The predicted molar refractivity (Wildman–Crippen MR) is 117 cm³/mol. The number of para-hydroxylation sites is 1. The second-order valence-corrected chi connectivity index (χ2v) is 7.83. The number of nitrogens with one attached hydrogen (secondary N) is 1. The van der Waals surface area contributed by atoms with E-state index < -0.39 is 0 Å². The van der Waals surface area contributed by atoms with Crippen molar-refractivity contribution in [1.82, 2.24) is 9.55 Å². The molecule has 1 amide bonds. The van der Waals surface area contributed by atoms with Gasteiger partial charge in [0.05, 0.1) is 24.6 Å². The number of hydrogen-bond donors (Lipinski definition) is 1. The van der Waals surface area contributed by atoms with Gasteiger partial charge in [-0.3, -0.25) is 4.79 Å². The van der Waals surface area contributed by atoms with Crippen LogP contribution in [0.1, 0.15) is 17.0 Å². The Balaban J connectivity index is 1.55. The molecule has 2 aromatic carbocycles. The van der Waals surface area contributed by atoms with Crippen LogP contribution in [-0.4, -0.2) is 15.5 Å². The molecular formula is C23H20N4OS. The smallest absolute Gasteiger partial charge is 0.231 e. The molecule has 0 aliphatic heterocycles. The molecule has 6 heteroatoms. The molecule has 2 heterocycles. The second kappa shape index (κ2) is 8.29. The maximum atomic E-state index is 12.4. The van der Waals surface area contributed by atoms with Crippen LogP contribution in [0.25, 0.3) is 22.2 Å². The van der Waals surface area contributed by atoms with Crippen LogP contribution in [0.3, 0.4) is 0 Å². The van der Waals surface area contributed by atoms with Crippen molar-refractivity contribution in [3.63, 3.8) is 0 Å². The average molecular weight is 401 g/mol. The van der Waals surface area contributed by atoms with Crippen LogP contribution in [0.15, 0.2) is 60.1 Å². The molecule has 0 aliphatic carbocycles. The van der Waals surface area contributed by atoms with Crippen molar-refractivity contribution in [2.45, 2.75) is 26.3 Å². The third-order valence-electron chi connectivity index (χ3n) is 4.69. The van der Waals surface area contributed by atoms with E-state index in [0.717, 1.165) is 38.4 Å². The Bertz CT molecular complexity index is 1220. The molecule has 0 atom stereocenters. The van der Waals surface area contributed by atoms with Crippen LogP contribution >= 0.6 is 11.3 Å². The van der Waals surface area contributed by atoms with Gasteiger partial charge in [0.2, 0.25) is 5.91 Å². The molecule has 1 N–H and O–H groups in total. The SMILES string of the molecule is Cc1cccc(NC(=O)Cc2nc(-c3cn(CCC#N)c4ccccc34)cs2)c1. The molecule has 29 heavy (non-hydrogen) atoms. The minimum atomic E-state index is -0.0760. The first-order chi connectivity index (χ1) is 14.1. The number of thiazole rings is 1. The van der Waals surface area contributed by atoms with Gasteiger partial charge in [0.15, 0.2) is 0 Å². The summed E-state index contributed by atoms with van der Waals surface area (Å²) in [6.07, 6.45) is 2.75. The Kier molecular flexibility index (Phi) is 5.41. The summed E-state index contributed by atoms with van der Waals surface area (Å²) in [5, 5.41) is 15.7. The van der Waals surface area contributed by atoms with Crippen molar-refractivity contribution in [2.75, 3.05) is 5.32 Å². The maximum Gasteiger partial charge on any atom is 0.231 e. The Hall–Kier alpha value is -3.43. The van der Waals surface area contributed by atoms with Gasteiger partial charge in [-0.05, 0) is 30.7 Å². The van der Waals surface area contributed by atoms with Crippen molar-refractivity contribution >= 4 is 33.8 Å². The molecule has 144 valence electrons. The summed E-state index contributed by atoms with van der Waals surface area (Å²) in [5.41, 5.74) is 4.88. The Labute approximate surface area is 173 Å². The second-order valence-electron chi connectivity index (χ2n) is 6.88. The van der Waals surface area contributed by atoms with Crippen molar-refractivity contribution in [1.29, 1.82) is 5.26 Å². The van der Waals surface area contributed by atoms with Crippen LogP contribution in [0.2, 0.25) is 0 Å². The maximum absolute atomic E-state index is 12.4. The number of carbonyl (C=O) groups is 1. The van der Waals surface area contributed by atoms with Crippen molar-refractivity contribution in [2.24, 2.45) is 0 Å². The van der Waals surface area contributed by atoms with Crippen LogP contribution in [0.5, 0.6) is 0 Å². The monoisotopic (exact) mass is 400 g/mol. The number of amides is 1. The lowest BCUT2D eigenvalue weighted by molar-refractivity contribution is -0.115. The van der Waals surface area contributed by atoms with Crippen LogP contribution in [0, 0.1) is 18.3 Å². The number of aryl methyl sites for hydroxylation is 2. The van der Waals surface area contributed by atoms with Gasteiger partial charge in [-0.2, -0.15) is 5.26 Å². The third-order valence-corrected chi connectivity index (χ3v) is 5.54. The van der Waals surface area contributed by atoms with Gasteiger partial charge in [0.25, 0.3) is 0 Å². The molecule has 0 bridgehead atoms. The summed E-state index contributed by atoms with van der Waals surface area (Å²) in [6, 6.07) is 18.1. The van der Waals surface area contributed by atoms with Gasteiger partial charge in [0.1, 0.15) is 5.01 Å². The van der Waals surface area contributed by atoms with Crippen molar-refractivity contribution in [3.8, 4) is 17.3 Å². The Morgan fingerprint density at radius 2 is 2.10 bits per heavy atom.